The summed E-state index contributed by atoms with van der Waals surface area (Å²) in [5.74, 6) is 1.92. The van der Waals surface area contributed by atoms with Gasteiger partial charge in [-0.1, -0.05) is 18.0 Å². The number of aromatic nitrogens is 2. The Balaban J connectivity index is 1.75. The van der Waals surface area contributed by atoms with E-state index in [0.29, 0.717) is 16.9 Å². The van der Waals surface area contributed by atoms with E-state index in [9.17, 15) is 5.11 Å². The molecule has 0 aliphatic heterocycles. The fourth-order valence-corrected chi connectivity index (χ4v) is 4.43. The number of halogens is 1. The normalized spacial score (nSPS) is 31.2. The summed E-state index contributed by atoms with van der Waals surface area (Å²) in [6, 6.07) is 3.77. The van der Waals surface area contributed by atoms with Gasteiger partial charge >= 0.3 is 0 Å². The number of aliphatic hydroxyl groups excluding tert-OH is 1. The highest BCUT2D eigenvalue weighted by Gasteiger charge is 2.43. The van der Waals surface area contributed by atoms with Crippen molar-refractivity contribution in [1.82, 2.24) is 10.2 Å². The lowest BCUT2D eigenvalue weighted by molar-refractivity contribution is 0.0755. The maximum absolute atomic E-state index is 10.8. The van der Waals surface area contributed by atoms with Gasteiger partial charge in [-0.25, -0.2) is 0 Å². The highest BCUT2D eigenvalue weighted by molar-refractivity contribution is 6.31. The summed E-state index contributed by atoms with van der Waals surface area (Å²) < 4.78 is 0. The van der Waals surface area contributed by atoms with Crippen LogP contribution in [0.15, 0.2) is 18.3 Å². The van der Waals surface area contributed by atoms with E-state index in [1.165, 1.54) is 19.3 Å². The summed E-state index contributed by atoms with van der Waals surface area (Å²) in [5, 5.41) is 19.5. The first-order valence-electron chi connectivity index (χ1n) is 7.03. The third-order valence-electron chi connectivity index (χ3n) is 5.06. The van der Waals surface area contributed by atoms with E-state index in [1.54, 1.807) is 6.20 Å². The molecule has 3 nitrogen and oxygen atoms in total. The molecule has 0 amide bonds. The van der Waals surface area contributed by atoms with E-state index in [2.05, 4.69) is 10.2 Å². The van der Waals surface area contributed by atoms with Gasteiger partial charge in [-0.2, -0.15) is 5.10 Å². The van der Waals surface area contributed by atoms with Crippen LogP contribution in [0.2, 0.25) is 5.02 Å². The predicted molar refractivity (Wildman–Crippen MR) is 75.0 cm³/mol. The smallest absolute Gasteiger partial charge is 0.0842 e. The zero-order valence-electron chi connectivity index (χ0n) is 10.6. The van der Waals surface area contributed by atoms with Crippen molar-refractivity contribution in [2.75, 3.05) is 0 Å². The Kier molecular flexibility index (Phi) is 2.61. The van der Waals surface area contributed by atoms with Crippen LogP contribution >= 0.6 is 11.6 Å². The molecule has 0 spiro atoms. The van der Waals surface area contributed by atoms with Gasteiger partial charge in [0.1, 0.15) is 0 Å². The van der Waals surface area contributed by atoms with Crippen LogP contribution in [-0.2, 0) is 0 Å². The largest absolute Gasteiger partial charge is 0.388 e. The van der Waals surface area contributed by atoms with Crippen LogP contribution in [0.5, 0.6) is 0 Å². The van der Waals surface area contributed by atoms with Crippen molar-refractivity contribution < 1.29 is 5.11 Å². The van der Waals surface area contributed by atoms with Gasteiger partial charge < -0.3 is 5.11 Å². The molecule has 1 aromatic carbocycles. The van der Waals surface area contributed by atoms with Crippen LogP contribution in [0.4, 0.5) is 0 Å². The van der Waals surface area contributed by atoms with Gasteiger partial charge in [0.25, 0.3) is 0 Å². The van der Waals surface area contributed by atoms with Crippen LogP contribution in [-0.4, -0.2) is 15.3 Å². The lowest BCUT2D eigenvalue weighted by Crippen LogP contribution is -2.19. The van der Waals surface area contributed by atoms with E-state index in [1.807, 2.05) is 12.1 Å². The first kappa shape index (κ1) is 11.7. The van der Waals surface area contributed by atoms with Gasteiger partial charge in [0, 0.05) is 16.0 Å². The Morgan fingerprint density at radius 1 is 1.32 bits per heavy atom. The van der Waals surface area contributed by atoms with Crippen molar-refractivity contribution in [3.05, 3.63) is 28.9 Å². The minimum atomic E-state index is -0.419. The Morgan fingerprint density at radius 2 is 2.21 bits per heavy atom. The number of H-pyrrole nitrogens is 1. The number of nitrogens with zero attached hydrogens (tertiary/aromatic N) is 1. The van der Waals surface area contributed by atoms with E-state index in [4.69, 9.17) is 11.6 Å². The van der Waals surface area contributed by atoms with Gasteiger partial charge in [0.2, 0.25) is 0 Å². The van der Waals surface area contributed by atoms with Gasteiger partial charge in [-0.3, -0.25) is 5.10 Å². The molecular formula is C15H17ClN2O. The highest BCUT2D eigenvalue weighted by Crippen LogP contribution is 2.53. The molecule has 4 atom stereocenters. The first-order chi connectivity index (χ1) is 9.22. The quantitative estimate of drug-likeness (QED) is 0.879. The SMILES string of the molecule is OC(c1cc(Cl)cc2cn[nH]c12)C1CC2CCC1C2. The molecule has 19 heavy (non-hydrogen) atoms. The first-order valence-corrected chi connectivity index (χ1v) is 7.41. The zero-order valence-corrected chi connectivity index (χ0v) is 11.4. The molecule has 2 aliphatic carbocycles. The fourth-order valence-electron chi connectivity index (χ4n) is 4.19. The van der Waals surface area contributed by atoms with Crippen LogP contribution in [0.25, 0.3) is 10.9 Å². The molecule has 1 heterocycles. The van der Waals surface area contributed by atoms with Crippen LogP contribution in [0.1, 0.15) is 37.4 Å². The molecule has 2 bridgehead atoms. The molecule has 1 aromatic heterocycles. The number of fused-ring (bicyclic) bond motifs is 3. The molecular weight excluding hydrogens is 260 g/mol. The third-order valence-corrected chi connectivity index (χ3v) is 5.28. The molecule has 2 aromatic rings. The minimum Gasteiger partial charge on any atom is -0.388 e. The second kappa shape index (κ2) is 4.22. The molecule has 0 radical (unpaired) electrons. The van der Waals surface area contributed by atoms with Crippen molar-refractivity contribution in [3.63, 3.8) is 0 Å². The number of aromatic amines is 1. The lowest BCUT2D eigenvalue weighted by Gasteiger charge is -2.27. The molecule has 2 fully saturated rings. The Labute approximate surface area is 117 Å². The lowest BCUT2D eigenvalue weighted by atomic mass is 9.82. The summed E-state index contributed by atoms with van der Waals surface area (Å²) >= 11 is 6.16. The second-order valence-electron chi connectivity index (χ2n) is 6.11. The monoisotopic (exact) mass is 276 g/mol. The molecule has 4 unspecified atom stereocenters. The minimum absolute atomic E-state index is 0.392. The number of rotatable bonds is 2. The summed E-state index contributed by atoms with van der Waals surface area (Å²) in [6.07, 6.45) is 6.43. The Hall–Kier alpha value is -1.06. The predicted octanol–water partition coefficient (Wildman–Crippen LogP) is 3.69. The summed E-state index contributed by atoms with van der Waals surface area (Å²) in [7, 11) is 0. The molecule has 2 aliphatic rings. The fraction of sp³-hybridized carbons (Fsp3) is 0.533. The van der Waals surface area contributed by atoms with Crippen molar-refractivity contribution in [2.24, 2.45) is 17.8 Å². The summed E-state index contributed by atoms with van der Waals surface area (Å²) in [6.45, 7) is 0. The Morgan fingerprint density at radius 3 is 2.95 bits per heavy atom. The van der Waals surface area contributed by atoms with Gasteiger partial charge in [-0.05, 0) is 49.1 Å². The van der Waals surface area contributed by atoms with Gasteiger partial charge in [0.05, 0.1) is 17.8 Å². The average Bonchev–Trinajstić information content (AvgIpc) is 3.11. The topological polar surface area (TPSA) is 48.9 Å². The van der Waals surface area contributed by atoms with Crippen molar-refractivity contribution in [3.8, 4) is 0 Å². The highest BCUT2D eigenvalue weighted by atomic mass is 35.5. The Bertz CT molecular complexity index is 624. The number of benzene rings is 1. The number of hydrogen-bond donors (Lipinski definition) is 2. The second-order valence-corrected chi connectivity index (χ2v) is 6.55. The van der Waals surface area contributed by atoms with E-state index < -0.39 is 6.10 Å². The van der Waals surface area contributed by atoms with E-state index >= 15 is 0 Å². The maximum Gasteiger partial charge on any atom is 0.0842 e. The van der Waals surface area contributed by atoms with Crippen LogP contribution in [0.3, 0.4) is 0 Å². The van der Waals surface area contributed by atoms with Crippen LogP contribution in [0, 0.1) is 17.8 Å². The number of nitrogens with one attached hydrogen (secondary N) is 1. The standard InChI is InChI=1S/C15H17ClN2O/c16-11-5-10-7-17-18-14(10)13(6-11)15(19)12-4-8-1-2-9(12)3-8/h5-9,12,15,19H,1-4H2,(H,17,18). The molecule has 4 rings (SSSR count). The molecule has 2 N–H and O–H groups in total. The van der Waals surface area contributed by atoms with E-state index in [-0.39, 0.29) is 0 Å². The molecule has 2 saturated carbocycles. The zero-order chi connectivity index (χ0) is 13.0. The number of aliphatic hydroxyl groups is 1. The van der Waals surface area contributed by atoms with Gasteiger partial charge in [0.15, 0.2) is 0 Å². The third kappa shape index (κ3) is 1.79. The molecule has 100 valence electrons. The van der Waals surface area contributed by atoms with Gasteiger partial charge in [-0.15, -0.1) is 0 Å². The van der Waals surface area contributed by atoms with Crippen LogP contribution < -0.4 is 0 Å². The van der Waals surface area contributed by atoms with E-state index in [0.717, 1.165) is 28.8 Å². The molecule has 4 heteroatoms. The molecule has 0 saturated heterocycles. The summed E-state index contributed by atoms with van der Waals surface area (Å²) in [5.41, 5.74) is 1.84. The average molecular weight is 277 g/mol. The maximum atomic E-state index is 10.8. The van der Waals surface area contributed by atoms with Crippen molar-refractivity contribution in [1.29, 1.82) is 0 Å². The number of hydrogen-bond acceptors (Lipinski definition) is 2. The summed E-state index contributed by atoms with van der Waals surface area (Å²) in [4.78, 5) is 0. The van der Waals surface area contributed by atoms with Crippen molar-refractivity contribution >= 4 is 22.5 Å². The van der Waals surface area contributed by atoms with Crippen molar-refractivity contribution in [2.45, 2.75) is 31.8 Å².